The van der Waals surface area contributed by atoms with E-state index in [1.165, 1.54) is 0 Å². The molecule has 1 aliphatic heterocycles. The zero-order chi connectivity index (χ0) is 13.2. The van der Waals surface area contributed by atoms with Gasteiger partial charge in [0.1, 0.15) is 17.2 Å². The van der Waals surface area contributed by atoms with Gasteiger partial charge in [0.05, 0.1) is 12.3 Å². The molecule has 1 aromatic heterocycles. The number of aryl methyl sites for hydroxylation is 1. The SMILES string of the molecule is Cc1nnc(NCC2(O)CCOC2)c(C#N)c1C. The molecule has 1 aromatic rings. The van der Waals surface area contributed by atoms with Crippen LogP contribution in [0.5, 0.6) is 0 Å². The molecular weight excluding hydrogens is 232 g/mol. The summed E-state index contributed by atoms with van der Waals surface area (Å²) in [5.74, 6) is 0.418. The van der Waals surface area contributed by atoms with Crippen LogP contribution in [0, 0.1) is 25.2 Å². The van der Waals surface area contributed by atoms with Gasteiger partial charge in [-0.1, -0.05) is 0 Å². The molecular formula is C12H16N4O2. The molecule has 6 heteroatoms. The van der Waals surface area contributed by atoms with E-state index in [2.05, 4.69) is 21.6 Å². The Bertz CT molecular complexity index is 490. The Morgan fingerprint density at radius 2 is 2.28 bits per heavy atom. The van der Waals surface area contributed by atoms with Crippen LogP contribution in [0.1, 0.15) is 23.2 Å². The first-order valence-electron chi connectivity index (χ1n) is 5.84. The molecule has 1 aliphatic rings. The Morgan fingerprint density at radius 1 is 1.50 bits per heavy atom. The number of nitrogens with one attached hydrogen (secondary N) is 1. The lowest BCUT2D eigenvalue weighted by Crippen LogP contribution is -2.37. The van der Waals surface area contributed by atoms with Crippen molar-refractivity contribution in [3.8, 4) is 6.07 Å². The van der Waals surface area contributed by atoms with Gasteiger partial charge in [-0.3, -0.25) is 0 Å². The van der Waals surface area contributed by atoms with Crippen LogP contribution in [-0.2, 0) is 4.74 Å². The van der Waals surface area contributed by atoms with Crippen LogP contribution in [-0.4, -0.2) is 40.7 Å². The molecule has 1 saturated heterocycles. The predicted molar refractivity (Wildman–Crippen MR) is 65.1 cm³/mol. The fourth-order valence-corrected chi connectivity index (χ4v) is 1.85. The highest BCUT2D eigenvalue weighted by molar-refractivity contribution is 5.55. The van der Waals surface area contributed by atoms with E-state index in [1.54, 1.807) is 0 Å². The quantitative estimate of drug-likeness (QED) is 0.810. The third-order valence-electron chi connectivity index (χ3n) is 3.23. The summed E-state index contributed by atoms with van der Waals surface area (Å²) in [6, 6.07) is 2.11. The van der Waals surface area contributed by atoms with Gasteiger partial charge in [-0.25, -0.2) is 0 Å². The summed E-state index contributed by atoms with van der Waals surface area (Å²) in [6.45, 7) is 4.81. The van der Waals surface area contributed by atoms with Crippen LogP contribution in [0.25, 0.3) is 0 Å². The van der Waals surface area contributed by atoms with E-state index >= 15 is 0 Å². The Hall–Kier alpha value is -1.71. The van der Waals surface area contributed by atoms with Crippen molar-refractivity contribution < 1.29 is 9.84 Å². The van der Waals surface area contributed by atoms with Crippen LogP contribution < -0.4 is 5.32 Å². The second kappa shape index (κ2) is 4.88. The zero-order valence-corrected chi connectivity index (χ0v) is 10.5. The van der Waals surface area contributed by atoms with Crippen molar-refractivity contribution in [2.24, 2.45) is 0 Å². The summed E-state index contributed by atoms with van der Waals surface area (Å²) in [6.07, 6.45) is 0.583. The summed E-state index contributed by atoms with van der Waals surface area (Å²) in [7, 11) is 0. The van der Waals surface area contributed by atoms with Gasteiger partial charge in [0, 0.05) is 19.6 Å². The minimum Gasteiger partial charge on any atom is -0.386 e. The highest BCUT2D eigenvalue weighted by atomic mass is 16.5. The van der Waals surface area contributed by atoms with Gasteiger partial charge >= 0.3 is 0 Å². The van der Waals surface area contributed by atoms with Gasteiger partial charge in [-0.2, -0.15) is 10.4 Å². The molecule has 1 unspecified atom stereocenters. The highest BCUT2D eigenvalue weighted by Crippen LogP contribution is 2.21. The van der Waals surface area contributed by atoms with Crippen molar-refractivity contribution >= 4 is 5.82 Å². The van der Waals surface area contributed by atoms with Crippen molar-refractivity contribution in [2.45, 2.75) is 25.9 Å². The molecule has 2 heterocycles. The second-order valence-electron chi connectivity index (χ2n) is 4.63. The zero-order valence-electron chi connectivity index (χ0n) is 10.5. The van der Waals surface area contributed by atoms with Crippen LogP contribution >= 0.6 is 0 Å². The van der Waals surface area contributed by atoms with Gasteiger partial charge in [-0.15, -0.1) is 5.10 Å². The summed E-state index contributed by atoms with van der Waals surface area (Å²) >= 11 is 0. The summed E-state index contributed by atoms with van der Waals surface area (Å²) in [5.41, 5.74) is 1.14. The number of hydrogen-bond acceptors (Lipinski definition) is 6. The van der Waals surface area contributed by atoms with Crippen molar-refractivity contribution in [3.63, 3.8) is 0 Å². The van der Waals surface area contributed by atoms with Crippen LogP contribution in [0.3, 0.4) is 0 Å². The summed E-state index contributed by atoms with van der Waals surface area (Å²) in [4.78, 5) is 0. The molecule has 6 nitrogen and oxygen atoms in total. The number of anilines is 1. The van der Waals surface area contributed by atoms with E-state index < -0.39 is 5.60 Å². The normalized spacial score (nSPS) is 22.8. The van der Waals surface area contributed by atoms with Crippen LogP contribution in [0.2, 0.25) is 0 Å². The number of aromatic nitrogens is 2. The molecule has 0 amide bonds. The molecule has 96 valence electrons. The molecule has 1 atom stereocenters. The van der Waals surface area contributed by atoms with Crippen molar-refractivity contribution in [3.05, 3.63) is 16.8 Å². The maximum atomic E-state index is 10.1. The maximum Gasteiger partial charge on any atom is 0.167 e. The van der Waals surface area contributed by atoms with E-state index in [0.717, 1.165) is 11.3 Å². The molecule has 0 aromatic carbocycles. The first kappa shape index (κ1) is 12.7. The number of nitriles is 1. The molecule has 2 rings (SSSR count). The van der Waals surface area contributed by atoms with E-state index in [9.17, 15) is 5.11 Å². The van der Waals surface area contributed by atoms with Crippen LogP contribution in [0.15, 0.2) is 0 Å². The van der Waals surface area contributed by atoms with Crippen molar-refractivity contribution in [1.29, 1.82) is 5.26 Å². The standard InChI is InChI=1S/C12H16N4O2/c1-8-9(2)15-16-11(10(8)5-13)14-6-12(17)3-4-18-7-12/h17H,3-4,6-7H2,1-2H3,(H,14,16). The van der Waals surface area contributed by atoms with Crippen molar-refractivity contribution in [1.82, 2.24) is 10.2 Å². The molecule has 0 spiro atoms. The lowest BCUT2D eigenvalue weighted by atomic mass is 10.0. The Labute approximate surface area is 106 Å². The second-order valence-corrected chi connectivity index (χ2v) is 4.63. The van der Waals surface area contributed by atoms with Gasteiger partial charge in [0.15, 0.2) is 5.82 Å². The lowest BCUT2D eigenvalue weighted by Gasteiger charge is -2.21. The topological polar surface area (TPSA) is 91.1 Å². The fraction of sp³-hybridized carbons (Fsp3) is 0.583. The smallest absolute Gasteiger partial charge is 0.167 e. The van der Waals surface area contributed by atoms with E-state index in [0.29, 0.717) is 37.6 Å². The third kappa shape index (κ3) is 2.42. The molecule has 0 aliphatic carbocycles. The third-order valence-corrected chi connectivity index (χ3v) is 3.23. The number of hydrogen-bond donors (Lipinski definition) is 2. The number of aliphatic hydroxyl groups is 1. The predicted octanol–water partition coefficient (Wildman–Crippen LogP) is 0.528. The van der Waals surface area contributed by atoms with Gasteiger partial charge in [-0.05, 0) is 19.4 Å². The average Bonchev–Trinajstić information content (AvgIpc) is 2.78. The van der Waals surface area contributed by atoms with Gasteiger partial charge < -0.3 is 15.2 Å². The van der Waals surface area contributed by atoms with E-state index in [-0.39, 0.29) is 0 Å². The molecule has 0 bridgehead atoms. The molecule has 18 heavy (non-hydrogen) atoms. The molecule has 0 radical (unpaired) electrons. The maximum absolute atomic E-state index is 10.1. The minimum absolute atomic E-state index is 0.304. The lowest BCUT2D eigenvalue weighted by molar-refractivity contribution is 0.0381. The number of rotatable bonds is 3. The summed E-state index contributed by atoms with van der Waals surface area (Å²) < 4.78 is 5.16. The monoisotopic (exact) mass is 248 g/mol. The first-order chi connectivity index (χ1) is 8.56. The Morgan fingerprint density at radius 3 is 2.89 bits per heavy atom. The van der Waals surface area contributed by atoms with Gasteiger partial charge in [0.2, 0.25) is 0 Å². The van der Waals surface area contributed by atoms with Crippen LogP contribution in [0.4, 0.5) is 5.82 Å². The summed E-state index contributed by atoms with van der Waals surface area (Å²) in [5, 5.41) is 30.2. The fourth-order valence-electron chi connectivity index (χ4n) is 1.85. The number of nitrogens with zero attached hydrogens (tertiary/aromatic N) is 3. The first-order valence-corrected chi connectivity index (χ1v) is 5.84. The molecule has 0 saturated carbocycles. The Balaban J connectivity index is 2.15. The Kier molecular flexibility index (Phi) is 3.45. The largest absolute Gasteiger partial charge is 0.386 e. The van der Waals surface area contributed by atoms with E-state index in [1.807, 2.05) is 13.8 Å². The van der Waals surface area contributed by atoms with Crippen molar-refractivity contribution in [2.75, 3.05) is 25.1 Å². The highest BCUT2D eigenvalue weighted by Gasteiger charge is 2.32. The molecule has 2 N–H and O–H groups in total. The number of ether oxygens (including phenoxy) is 1. The van der Waals surface area contributed by atoms with Gasteiger partial charge in [0.25, 0.3) is 0 Å². The van der Waals surface area contributed by atoms with E-state index in [4.69, 9.17) is 10.00 Å². The molecule has 1 fully saturated rings. The average molecular weight is 248 g/mol. The minimum atomic E-state index is -0.882.